The fourth-order valence-corrected chi connectivity index (χ4v) is 1.90. The number of carbonyl (C=O) groups is 1. The Morgan fingerprint density at radius 2 is 1.75 bits per heavy atom. The fraction of sp³-hybridized carbons (Fsp3) is 0. The van der Waals surface area contributed by atoms with Crippen molar-refractivity contribution in [2.45, 2.75) is 0 Å². The van der Waals surface area contributed by atoms with Gasteiger partial charge in [-0.2, -0.15) is 5.10 Å². The van der Waals surface area contributed by atoms with Gasteiger partial charge in [0.15, 0.2) is 0 Å². The summed E-state index contributed by atoms with van der Waals surface area (Å²) in [6.45, 7) is 0. The zero-order chi connectivity index (χ0) is 17.7. The van der Waals surface area contributed by atoms with Crippen molar-refractivity contribution in [2.24, 2.45) is 5.10 Å². The average Bonchev–Trinajstić information content (AvgIpc) is 2.56. The number of amides is 1. The monoisotopic (exact) mass is 348 g/mol. The predicted molar refractivity (Wildman–Crippen MR) is 86.3 cm³/mol. The molecule has 0 atom stereocenters. The van der Waals surface area contributed by atoms with Gasteiger partial charge in [0.2, 0.25) is 0 Å². The molecule has 24 heavy (non-hydrogen) atoms. The summed E-state index contributed by atoms with van der Waals surface area (Å²) in [5, 5.41) is 25.0. The molecule has 0 aliphatic rings. The van der Waals surface area contributed by atoms with Gasteiger partial charge in [-0.1, -0.05) is 17.7 Å². The Kier molecular flexibility index (Phi) is 5.17. The topological polar surface area (TPSA) is 128 Å². The molecule has 0 fully saturated rings. The van der Waals surface area contributed by atoms with E-state index in [1.54, 1.807) is 0 Å². The van der Waals surface area contributed by atoms with Gasteiger partial charge in [-0.25, -0.2) is 5.43 Å². The van der Waals surface area contributed by atoms with Crippen LogP contribution in [0.5, 0.6) is 0 Å². The first-order valence-corrected chi connectivity index (χ1v) is 6.78. The van der Waals surface area contributed by atoms with E-state index < -0.39 is 15.8 Å². The second-order valence-corrected chi connectivity index (χ2v) is 4.88. The second-order valence-electron chi connectivity index (χ2n) is 4.47. The van der Waals surface area contributed by atoms with E-state index >= 15 is 0 Å². The number of hydrogen-bond donors (Lipinski definition) is 1. The Bertz CT molecular complexity index is 836. The maximum atomic E-state index is 11.8. The van der Waals surface area contributed by atoms with Gasteiger partial charge in [-0.3, -0.25) is 25.0 Å². The standard InChI is InChI=1S/C14H9ClN4O5/c15-12-6-1-9(7-13(12)19(23)24)8-16-17-14(20)10-2-4-11(5-3-10)18(21)22/h1-8H,(H,17,20)/b16-8-. The van der Waals surface area contributed by atoms with Gasteiger partial charge in [0.05, 0.1) is 16.1 Å². The highest BCUT2D eigenvalue weighted by Crippen LogP contribution is 2.24. The van der Waals surface area contributed by atoms with Crippen molar-refractivity contribution < 1.29 is 14.6 Å². The molecular formula is C14H9ClN4O5. The van der Waals surface area contributed by atoms with E-state index in [2.05, 4.69) is 10.5 Å². The summed E-state index contributed by atoms with van der Waals surface area (Å²) in [5.74, 6) is -0.579. The summed E-state index contributed by atoms with van der Waals surface area (Å²) in [6.07, 6.45) is 1.21. The van der Waals surface area contributed by atoms with Gasteiger partial charge in [-0.05, 0) is 18.2 Å². The highest BCUT2D eigenvalue weighted by atomic mass is 35.5. The van der Waals surface area contributed by atoms with Crippen molar-refractivity contribution in [1.29, 1.82) is 0 Å². The van der Waals surface area contributed by atoms with Gasteiger partial charge in [0.25, 0.3) is 17.3 Å². The van der Waals surface area contributed by atoms with Crippen molar-refractivity contribution in [3.63, 3.8) is 0 Å². The normalized spacial score (nSPS) is 10.5. The number of benzene rings is 2. The van der Waals surface area contributed by atoms with E-state index in [-0.39, 0.29) is 22.0 Å². The molecular weight excluding hydrogens is 340 g/mol. The summed E-state index contributed by atoms with van der Waals surface area (Å²) in [6, 6.07) is 9.02. The van der Waals surface area contributed by atoms with Crippen LogP contribution in [0.4, 0.5) is 11.4 Å². The lowest BCUT2D eigenvalue weighted by molar-refractivity contribution is -0.385. The Hall–Kier alpha value is -3.33. The quantitative estimate of drug-likeness (QED) is 0.504. The Balaban J connectivity index is 2.05. The highest BCUT2D eigenvalue weighted by Gasteiger charge is 2.12. The van der Waals surface area contributed by atoms with E-state index in [9.17, 15) is 25.0 Å². The third-order valence-corrected chi connectivity index (χ3v) is 3.21. The SMILES string of the molecule is O=C(N/N=C\c1ccc(Cl)c([N+](=O)[O-])c1)c1ccc([N+](=O)[O-])cc1. The molecule has 0 radical (unpaired) electrons. The Morgan fingerprint density at radius 3 is 2.33 bits per heavy atom. The van der Waals surface area contributed by atoms with Gasteiger partial charge in [0.1, 0.15) is 5.02 Å². The first-order valence-electron chi connectivity index (χ1n) is 6.40. The third-order valence-electron chi connectivity index (χ3n) is 2.89. The van der Waals surface area contributed by atoms with E-state index in [0.29, 0.717) is 5.56 Å². The average molecular weight is 349 g/mol. The van der Waals surface area contributed by atoms with Crippen molar-refractivity contribution in [1.82, 2.24) is 5.43 Å². The molecule has 0 unspecified atom stereocenters. The molecule has 0 aliphatic carbocycles. The van der Waals surface area contributed by atoms with Crippen LogP contribution in [0.2, 0.25) is 5.02 Å². The predicted octanol–water partition coefficient (Wildman–Crippen LogP) is 2.92. The lowest BCUT2D eigenvalue weighted by atomic mass is 10.2. The molecule has 0 saturated heterocycles. The first-order chi connectivity index (χ1) is 11.4. The molecule has 2 rings (SSSR count). The minimum absolute atomic E-state index is 0.00735. The molecule has 122 valence electrons. The molecule has 0 aliphatic heterocycles. The van der Waals surface area contributed by atoms with Crippen molar-refractivity contribution >= 4 is 35.1 Å². The largest absolute Gasteiger partial charge is 0.288 e. The lowest BCUT2D eigenvalue weighted by Gasteiger charge is -2.00. The summed E-state index contributed by atoms with van der Waals surface area (Å²) in [5.41, 5.74) is 2.36. The number of nitro benzene ring substituents is 2. The van der Waals surface area contributed by atoms with Crippen molar-refractivity contribution in [3.8, 4) is 0 Å². The van der Waals surface area contributed by atoms with Gasteiger partial charge < -0.3 is 0 Å². The summed E-state index contributed by atoms with van der Waals surface area (Å²) in [7, 11) is 0. The summed E-state index contributed by atoms with van der Waals surface area (Å²) < 4.78 is 0. The number of nitrogens with one attached hydrogen (secondary N) is 1. The number of nitrogens with zero attached hydrogens (tertiary/aromatic N) is 3. The number of hydrogen-bond acceptors (Lipinski definition) is 6. The maximum Gasteiger partial charge on any atom is 0.288 e. The van der Waals surface area contributed by atoms with Crippen LogP contribution >= 0.6 is 11.6 Å². The minimum Gasteiger partial charge on any atom is -0.267 e. The number of non-ortho nitro benzene ring substituents is 1. The van der Waals surface area contributed by atoms with E-state index in [0.717, 1.165) is 0 Å². The number of rotatable bonds is 5. The molecule has 1 N–H and O–H groups in total. The second kappa shape index (κ2) is 7.29. The van der Waals surface area contributed by atoms with Crippen LogP contribution in [-0.4, -0.2) is 22.0 Å². The molecule has 9 nitrogen and oxygen atoms in total. The van der Waals surface area contributed by atoms with Crippen LogP contribution in [0.25, 0.3) is 0 Å². The van der Waals surface area contributed by atoms with E-state index in [1.807, 2.05) is 0 Å². The van der Waals surface area contributed by atoms with Crippen molar-refractivity contribution in [3.05, 3.63) is 78.8 Å². The van der Waals surface area contributed by atoms with Crippen LogP contribution in [-0.2, 0) is 0 Å². The maximum absolute atomic E-state index is 11.8. The van der Waals surface area contributed by atoms with E-state index in [1.165, 1.54) is 48.7 Å². The summed E-state index contributed by atoms with van der Waals surface area (Å²) in [4.78, 5) is 31.9. The zero-order valence-corrected chi connectivity index (χ0v) is 12.6. The number of carbonyl (C=O) groups excluding carboxylic acids is 1. The number of nitro groups is 2. The number of hydrazone groups is 1. The molecule has 0 heterocycles. The van der Waals surface area contributed by atoms with Crippen LogP contribution in [0.3, 0.4) is 0 Å². The molecule has 0 bridgehead atoms. The van der Waals surface area contributed by atoms with Crippen LogP contribution in [0.1, 0.15) is 15.9 Å². The highest BCUT2D eigenvalue weighted by molar-refractivity contribution is 6.32. The minimum atomic E-state index is -0.630. The van der Waals surface area contributed by atoms with E-state index in [4.69, 9.17) is 11.6 Å². The van der Waals surface area contributed by atoms with Crippen molar-refractivity contribution in [2.75, 3.05) is 0 Å². The molecule has 1 amide bonds. The summed E-state index contributed by atoms with van der Waals surface area (Å²) >= 11 is 5.69. The third kappa shape index (κ3) is 4.11. The molecule has 2 aromatic carbocycles. The zero-order valence-electron chi connectivity index (χ0n) is 11.9. The number of halogens is 1. The molecule has 0 aromatic heterocycles. The first kappa shape index (κ1) is 17.0. The van der Waals surface area contributed by atoms with Crippen LogP contribution < -0.4 is 5.43 Å². The van der Waals surface area contributed by atoms with Gasteiger partial charge in [-0.15, -0.1) is 0 Å². The van der Waals surface area contributed by atoms with Crippen LogP contribution in [0, 0.1) is 20.2 Å². The fourth-order valence-electron chi connectivity index (χ4n) is 1.71. The van der Waals surface area contributed by atoms with Gasteiger partial charge >= 0.3 is 0 Å². The molecule has 0 spiro atoms. The van der Waals surface area contributed by atoms with Crippen LogP contribution in [0.15, 0.2) is 47.6 Å². The van der Waals surface area contributed by atoms with Gasteiger partial charge in [0, 0.05) is 29.3 Å². The molecule has 0 saturated carbocycles. The Morgan fingerprint density at radius 1 is 1.08 bits per heavy atom. The molecule has 10 heteroatoms. The molecule has 2 aromatic rings. The Labute approximate surface area is 139 Å². The lowest BCUT2D eigenvalue weighted by Crippen LogP contribution is -2.17. The smallest absolute Gasteiger partial charge is 0.267 e.